The number of fused-ring (bicyclic) bond motifs is 1. The van der Waals surface area contributed by atoms with Gasteiger partial charge in [0.15, 0.2) is 17.4 Å². The molecule has 3 aromatic heterocycles. The van der Waals surface area contributed by atoms with E-state index in [0.29, 0.717) is 36.2 Å². The van der Waals surface area contributed by atoms with E-state index in [1.165, 1.54) is 17.3 Å². The number of β-amino-alcohol motifs (C(OH)–C–C–N with tert-alkyl or cyclic N) is 1. The number of piperazine rings is 1. The van der Waals surface area contributed by atoms with Gasteiger partial charge in [0.1, 0.15) is 12.3 Å². The fourth-order valence-electron chi connectivity index (χ4n) is 6.57. The number of alkyl halides is 3. The highest BCUT2D eigenvalue weighted by Gasteiger charge is 2.36. The van der Waals surface area contributed by atoms with Gasteiger partial charge in [-0.1, -0.05) is 36.7 Å². The zero-order chi connectivity index (χ0) is 44.4. The molecule has 0 radical (unpaired) electrons. The summed E-state index contributed by atoms with van der Waals surface area (Å²) < 4.78 is 49.9. The summed E-state index contributed by atoms with van der Waals surface area (Å²) in [7, 11) is 0. The average molecular weight is 870 g/mol. The molecule has 5 heterocycles. The quantitative estimate of drug-likeness (QED) is 0.106. The Bertz CT molecular complexity index is 2030. The van der Waals surface area contributed by atoms with Crippen molar-refractivity contribution in [2.24, 2.45) is 11.7 Å². The maximum atomic E-state index is 11.4. The molecule has 0 aliphatic carbocycles. The molecule has 61 heavy (non-hydrogen) atoms. The van der Waals surface area contributed by atoms with Crippen LogP contribution in [-0.4, -0.2) is 100 Å². The van der Waals surface area contributed by atoms with E-state index in [1.807, 2.05) is 62.4 Å². The number of oxazole rings is 2. The number of primary amides is 1. The molecule has 2 aliphatic heterocycles. The van der Waals surface area contributed by atoms with Crippen molar-refractivity contribution < 1.29 is 41.4 Å². The van der Waals surface area contributed by atoms with Gasteiger partial charge in [-0.05, 0) is 87.6 Å². The number of amides is 2. The molecule has 7 rings (SSSR count). The van der Waals surface area contributed by atoms with Crippen molar-refractivity contribution in [1.29, 1.82) is 0 Å². The number of nitrogens with zero attached hydrogens (tertiary/aromatic N) is 5. The molecule has 2 amide bonds. The molecule has 2 aliphatic rings. The lowest BCUT2D eigenvalue weighted by molar-refractivity contribution is -0.132. The van der Waals surface area contributed by atoms with Gasteiger partial charge in [0.2, 0.25) is 18.2 Å². The van der Waals surface area contributed by atoms with Crippen LogP contribution in [0.15, 0.2) is 94.3 Å². The molecule has 0 spiro atoms. The molecule has 5 aromatic rings. The number of carbonyl (C=O) groups excluding carboxylic acids is 2. The summed E-state index contributed by atoms with van der Waals surface area (Å²) in [4.78, 5) is 37.8. The number of para-hydroxylation sites is 1. The summed E-state index contributed by atoms with van der Waals surface area (Å²) >= 11 is 5.97. The Hall–Kier alpha value is -5.29. The first kappa shape index (κ1) is 48.4. The molecule has 1 saturated heterocycles. The first-order chi connectivity index (χ1) is 29.1. The lowest BCUT2D eigenvalue weighted by Gasteiger charge is -2.42. The van der Waals surface area contributed by atoms with Crippen LogP contribution in [0.2, 0.25) is 5.02 Å². The van der Waals surface area contributed by atoms with E-state index in [-0.39, 0.29) is 23.8 Å². The standard InChI is InChI=1S/C23H33ClN4O3.C9H8N2O.C9H10O.C3H4F3NO/c1-4-16(21(25)30)13-19(29)15-27-9-11-28(12-10-27)23(2,3)22-26-14-20(31-22)17-5-7-18(24)8-6-17;1-7-11-6-9(12-7)8-3-2-4-10-5-8;1-2-6-9-8(4-1)5-3-7-10-9;4-3(5,6)1-7-2-8/h5-8,14,16,19,29H,4,9-13,15H2,1-3H3,(H2,25,30);2-6H,1H3;1-2,4,6H,3,5,7H2;2H,1H2,(H,7,8)/t16?,19-;;;/m0.../s1. The van der Waals surface area contributed by atoms with Crippen LogP contribution in [0.3, 0.4) is 0 Å². The fraction of sp³-hybridized carbons (Fsp3) is 0.432. The number of ether oxygens (including phenoxy) is 1. The zero-order valence-corrected chi connectivity index (χ0v) is 35.7. The van der Waals surface area contributed by atoms with Crippen LogP contribution in [0, 0.1) is 12.8 Å². The number of aliphatic hydroxyl groups is 1. The van der Waals surface area contributed by atoms with Crippen molar-refractivity contribution in [2.45, 2.75) is 71.2 Å². The van der Waals surface area contributed by atoms with Gasteiger partial charge in [0.05, 0.1) is 30.6 Å². The second-order valence-corrected chi connectivity index (χ2v) is 15.4. The normalized spacial score (nSPS) is 15.2. The first-order valence-corrected chi connectivity index (χ1v) is 20.4. The van der Waals surface area contributed by atoms with Crippen molar-refractivity contribution in [3.05, 3.63) is 108 Å². The highest BCUT2D eigenvalue weighted by atomic mass is 35.5. The van der Waals surface area contributed by atoms with Crippen LogP contribution in [0.25, 0.3) is 22.6 Å². The van der Waals surface area contributed by atoms with E-state index in [9.17, 15) is 27.9 Å². The van der Waals surface area contributed by atoms with Crippen LogP contribution in [0.5, 0.6) is 5.75 Å². The lowest BCUT2D eigenvalue weighted by atomic mass is 9.97. The van der Waals surface area contributed by atoms with E-state index < -0.39 is 18.8 Å². The third kappa shape index (κ3) is 15.9. The molecule has 1 unspecified atom stereocenters. The number of aromatic nitrogens is 3. The molecule has 4 N–H and O–H groups in total. The number of pyridine rings is 1. The minimum atomic E-state index is -4.29. The zero-order valence-electron chi connectivity index (χ0n) is 34.9. The van der Waals surface area contributed by atoms with E-state index in [4.69, 9.17) is 30.9 Å². The summed E-state index contributed by atoms with van der Waals surface area (Å²) in [6.07, 6.45) is 5.52. The van der Waals surface area contributed by atoms with Crippen LogP contribution < -0.4 is 15.8 Å². The Morgan fingerprint density at radius 1 is 0.967 bits per heavy atom. The summed E-state index contributed by atoms with van der Waals surface area (Å²) in [5.74, 6) is 3.31. The topological polar surface area (TPSA) is 173 Å². The average Bonchev–Trinajstić information content (AvgIpc) is 3.94. The predicted molar refractivity (Wildman–Crippen MR) is 226 cm³/mol. The highest BCUT2D eigenvalue weighted by Crippen LogP contribution is 2.32. The summed E-state index contributed by atoms with van der Waals surface area (Å²) in [5.41, 5.74) is 8.31. The Morgan fingerprint density at radius 2 is 1.66 bits per heavy atom. The van der Waals surface area contributed by atoms with E-state index in [0.717, 1.165) is 67.6 Å². The van der Waals surface area contributed by atoms with E-state index in [2.05, 4.69) is 50.7 Å². The second-order valence-electron chi connectivity index (χ2n) is 14.9. The highest BCUT2D eigenvalue weighted by molar-refractivity contribution is 6.30. The molecule has 17 heteroatoms. The Morgan fingerprint density at radius 3 is 2.23 bits per heavy atom. The van der Waals surface area contributed by atoms with Crippen LogP contribution in [0.4, 0.5) is 13.2 Å². The number of aryl methyl sites for hydroxylation is 2. The maximum absolute atomic E-state index is 11.4. The summed E-state index contributed by atoms with van der Waals surface area (Å²) in [5, 5.41) is 12.6. The molecule has 1 fully saturated rings. The molecule has 13 nitrogen and oxygen atoms in total. The van der Waals surface area contributed by atoms with Crippen LogP contribution in [-0.2, 0) is 21.5 Å². The monoisotopic (exact) mass is 869 g/mol. The van der Waals surface area contributed by atoms with Gasteiger partial charge >= 0.3 is 6.18 Å². The van der Waals surface area contributed by atoms with Gasteiger partial charge in [-0.2, -0.15) is 13.2 Å². The molecule has 330 valence electrons. The Balaban J connectivity index is 0.000000219. The van der Waals surface area contributed by atoms with Crippen molar-refractivity contribution in [1.82, 2.24) is 30.1 Å². The van der Waals surface area contributed by atoms with Crippen molar-refractivity contribution >= 4 is 23.9 Å². The molecule has 0 bridgehead atoms. The van der Waals surface area contributed by atoms with Gasteiger partial charge in [-0.15, -0.1) is 0 Å². The molecular weight excluding hydrogens is 815 g/mol. The smallest absolute Gasteiger partial charge is 0.405 e. The predicted octanol–water partition coefficient (Wildman–Crippen LogP) is 7.46. The SMILES string of the molecule is CCC(C[C@H](O)CN1CCN(C(C)(C)c2ncc(-c3ccc(Cl)cc3)o2)CC1)C(N)=O.Cc1ncc(-c2cccnc2)o1.O=CNCC(F)(F)F.c1ccc2c(c1)CCCO2. The summed E-state index contributed by atoms with van der Waals surface area (Å²) in [6.45, 7) is 11.5. The second kappa shape index (κ2) is 23.6. The lowest BCUT2D eigenvalue weighted by Crippen LogP contribution is -2.54. The van der Waals surface area contributed by atoms with Crippen molar-refractivity contribution in [3.63, 3.8) is 0 Å². The first-order valence-electron chi connectivity index (χ1n) is 20.0. The third-order valence-electron chi connectivity index (χ3n) is 10.0. The molecule has 2 aromatic carbocycles. The number of aliphatic hydroxyl groups excluding tert-OH is 1. The third-order valence-corrected chi connectivity index (χ3v) is 10.3. The Labute approximate surface area is 359 Å². The van der Waals surface area contributed by atoms with Gasteiger partial charge in [0, 0.05) is 74.1 Å². The van der Waals surface area contributed by atoms with Crippen LogP contribution >= 0.6 is 11.6 Å². The molecule has 2 atom stereocenters. The van der Waals surface area contributed by atoms with Gasteiger partial charge < -0.3 is 29.7 Å². The minimum Gasteiger partial charge on any atom is -0.493 e. The minimum absolute atomic E-state index is 0.00743. The Kier molecular flexibility index (Phi) is 18.7. The van der Waals surface area contributed by atoms with Crippen LogP contribution in [0.1, 0.15) is 57.4 Å². The van der Waals surface area contributed by atoms with E-state index >= 15 is 0 Å². The van der Waals surface area contributed by atoms with Gasteiger partial charge in [-0.25, -0.2) is 9.97 Å². The number of carbonyl (C=O) groups is 2. The number of nitrogens with one attached hydrogen (secondary N) is 1. The number of nitrogens with two attached hydrogens (primary N) is 1. The van der Waals surface area contributed by atoms with Gasteiger partial charge in [-0.3, -0.25) is 24.4 Å². The number of benzene rings is 2. The maximum Gasteiger partial charge on any atom is 0.405 e. The molecular formula is C44H55ClF3N7O6. The van der Waals surface area contributed by atoms with E-state index in [1.54, 1.807) is 24.8 Å². The molecule has 0 saturated carbocycles. The van der Waals surface area contributed by atoms with Crippen molar-refractivity contribution in [2.75, 3.05) is 45.9 Å². The number of hydrogen-bond donors (Lipinski definition) is 3. The largest absolute Gasteiger partial charge is 0.493 e. The van der Waals surface area contributed by atoms with Crippen molar-refractivity contribution in [3.8, 4) is 28.4 Å². The number of halogens is 4. The summed E-state index contributed by atoms with van der Waals surface area (Å²) in [6, 6.07) is 19.6. The number of rotatable bonds is 12. The van der Waals surface area contributed by atoms with Gasteiger partial charge in [0.25, 0.3) is 0 Å². The number of hydrogen-bond acceptors (Lipinski definition) is 11. The fourth-order valence-corrected chi connectivity index (χ4v) is 6.70.